The first kappa shape index (κ1) is 15.2. The first-order valence-corrected chi connectivity index (χ1v) is 7.18. The molecule has 0 bridgehead atoms. The molecule has 0 saturated heterocycles. The van der Waals surface area contributed by atoms with Crippen molar-refractivity contribution in [3.05, 3.63) is 12.2 Å². The van der Waals surface area contributed by atoms with Gasteiger partial charge in [0.15, 0.2) is 0 Å². The topological polar surface area (TPSA) is 42.7 Å². The zero-order valence-electron chi connectivity index (χ0n) is 12.5. The lowest BCUT2D eigenvalue weighted by molar-refractivity contribution is 0.345. The Morgan fingerprint density at radius 1 is 1.22 bits per heavy atom. The zero-order valence-corrected chi connectivity index (χ0v) is 12.5. The van der Waals surface area contributed by atoms with E-state index >= 15 is 0 Å². The fourth-order valence-electron chi connectivity index (χ4n) is 2.34. The highest BCUT2D eigenvalue weighted by Crippen LogP contribution is 2.13. The third-order valence-corrected chi connectivity index (χ3v) is 3.57. The van der Waals surface area contributed by atoms with Crippen LogP contribution < -0.4 is 5.32 Å². The van der Waals surface area contributed by atoms with Gasteiger partial charge in [0.25, 0.3) is 0 Å². The predicted octanol–water partition coefficient (Wildman–Crippen LogP) is 2.85. The van der Waals surface area contributed by atoms with Crippen LogP contribution in [0.4, 0.5) is 0 Å². The van der Waals surface area contributed by atoms with E-state index in [4.69, 9.17) is 0 Å². The van der Waals surface area contributed by atoms with Crippen LogP contribution >= 0.6 is 0 Å². The van der Waals surface area contributed by atoms with Crippen molar-refractivity contribution in [1.82, 2.24) is 20.1 Å². The van der Waals surface area contributed by atoms with Gasteiger partial charge in [0.1, 0.15) is 12.2 Å². The SMILES string of the molecule is CCC(CC)C(C)NCc1ncnn1CC(C)C. The molecule has 0 saturated carbocycles. The second-order valence-electron chi connectivity index (χ2n) is 5.50. The lowest BCUT2D eigenvalue weighted by Gasteiger charge is -2.22. The van der Waals surface area contributed by atoms with Gasteiger partial charge in [0, 0.05) is 12.6 Å². The minimum absolute atomic E-state index is 0.532. The molecule has 1 N–H and O–H groups in total. The Hall–Kier alpha value is -0.900. The van der Waals surface area contributed by atoms with Gasteiger partial charge in [-0.1, -0.05) is 40.5 Å². The molecule has 18 heavy (non-hydrogen) atoms. The van der Waals surface area contributed by atoms with Crippen LogP contribution in [0.25, 0.3) is 0 Å². The monoisotopic (exact) mass is 252 g/mol. The molecule has 0 spiro atoms. The summed E-state index contributed by atoms with van der Waals surface area (Å²) in [6.45, 7) is 12.9. The minimum atomic E-state index is 0.532. The van der Waals surface area contributed by atoms with Crippen LogP contribution in [0.15, 0.2) is 6.33 Å². The Kier molecular flexibility index (Phi) is 6.33. The molecule has 0 aliphatic carbocycles. The second-order valence-corrected chi connectivity index (χ2v) is 5.50. The second kappa shape index (κ2) is 7.52. The molecule has 1 rings (SSSR count). The average Bonchev–Trinajstić information content (AvgIpc) is 2.74. The molecule has 104 valence electrons. The summed E-state index contributed by atoms with van der Waals surface area (Å²) in [5, 5.41) is 7.86. The van der Waals surface area contributed by atoms with Crippen molar-refractivity contribution in [3.8, 4) is 0 Å². The van der Waals surface area contributed by atoms with Gasteiger partial charge in [0.05, 0.1) is 6.54 Å². The normalized spacial score (nSPS) is 13.5. The molecule has 4 heteroatoms. The summed E-state index contributed by atoms with van der Waals surface area (Å²) in [6, 6.07) is 0.532. The zero-order chi connectivity index (χ0) is 13.5. The van der Waals surface area contributed by atoms with Gasteiger partial charge in [-0.15, -0.1) is 0 Å². The molecule has 0 aliphatic rings. The van der Waals surface area contributed by atoms with Crippen molar-refractivity contribution in [2.24, 2.45) is 11.8 Å². The van der Waals surface area contributed by atoms with Crippen molar-refractivity contribution in [3.63, 3.8) is 0 Å². The fourth-order valence-corrected chi connectivity index (χ4v) is 2.34. The van der Waals surface area contributed by atoms with E-state index in [1.165, 1.54) is 12.8 Å². The smallest absolute Gasteiger partial charge is 0.140 e. The van der Waals surface area contributed by atoms with E-state index < -0.39 is 0 Å². The summed E-state index contributed by atoms with van der Waals surface area (Å²) in [5.41, 5.74) is 0. The van der Waals surface area contributed by atoms with Gasteiger partial charge in [-0.2, -0.15) is 5.10 Å². The van der Waals surface area contributed by atoms with Crippen LogP contribution in [0.2, 0.25) is 0 Å². The van der Waals surface area contributed by atoms with Crippen molar-refractivity contribution < 1.29 is 0 Å². The fraction of sp³-hybridized carbons (Fsp3) is 0.857. The first-order valence-electron chi connectivity index (χ1n) is 7.18. The molecule has 1 unspecified atom stereocenters. The molecule has 0 fully saturated rings. The van der Waals surface area contributed by atoms with Crippen LogP contribution in [0.1, 0.15) is 53.3 Å². The Bertz CT molecular complexity index is 328. The number of nitrogens with zero attached hydrogens (tertiary/aromatic N) is 3. The standard InChI is InChI=1S/C14H28N4/c1-6-13(7-2)12(5)15-8-14-16-10-17-18(14)9-11(3)4/h10-13,15H,6-9H2,1-5H3. The lowest BCUT2D eigenvalue weighted by Crippen LogP contribution is -2.33. The summed E-state index contributed by atoms with van der Waals surface area (Å²) in [5.74, 6) is 2.38. The van der Waals surface area contributed by atoms with Gasteiger partial charge in [0.2, 0.25) is 0 Å². The van der Waals surface area contributed by atoms with Crippen LogP contribution in [-0.4, -0.2) is 20.8 Å². The van der Waals surface area contributed by atoms with Gasteiger partial charge >= 0.3 is 0 Å². The molecule has 1 heterocycles. The van der Waals surface area contributed by atoms with Crippen LogP contribution in [0.3, 0.4) is 0 Å². The van der Waals surface area contributed by atoms with Gasteiger partial charge in [-0.25, -0.2) is 9.67 Å². The van der Waals surface area contributed by atoms with Crippen LogP contribution in [0, 0.1) is 11.8 Å². The molecule has 4 nitrogen and oxygen atoms in total. The van der Waals surface area contributed by atoms with Crippen molar-refractivity contribution >= 4 is 0 Å². The predicted molar refractivity (Wildman–Crippen MR) is 75.2 cm³/mol. The van der Waals surface area contributed by atoms with Crippen molar-refractivity contribution in [2.75, 3.05) is 0 Å². The van der Waals surface area contributed by atoms with Gasteiger partial charge in [-0.05, 0) is 18.8 Å². The Morgan fingerprint density at radius 3 is 2.44 bits per heavy atom. The summed E-state index contributed by atoms with van der Waals surface area (Å²) in [6.07, 6.45) is 4.11. The Labute approximate surface area is 111 Å². The average molecular weight is 252 g/mol. The lowest BCUT2D eigenvalue weighted by atomic mass is 9.95. The highest BCUT2D eigenvalue weighted by Gasteiger charge is 2.14. The largest absolute Gasteiger partial charge is 0.307 e. The third-order valence-electron chi connectivity index (χ3n) is 3.57. The van der Waals surface area contributed by atoms with E-state index in [1.807, 2.05) is 4.68 Å². The van der Waals surface area contributed by atoms with Crippen molar-refractivity contribution in [1.29, 1.82) is 0 Å². The Balaban J connectivity index is 2.50. The Morgan fingerprint density at radius 2 is 1.89 bits per heavy atom. The molecule has 0 aromatic carbocycles. The van der Waals surface area contributed by atoms with Crippen molar-refractivity contribution in [2.45, 2.75) is 66.6 Å². The number of aromatic nitrogens is 3. The summed E-state index contributed by atoms with van der Waals surface area (Å²) >= 11 is 0. The van der Waals surface area contributed by atoms with E-state index in [9.17, 15) is 0 Å². The van der Waals surface area contributed by atoms with E-state index in [2.05, 4.69) is 50.0 Å². The summed E-state index contributed by atoms with van der Waals surface area (Å²) in [4.78, 5) is 4.34. The first-order chi connectivity index (χ1) is 8.58. The molecule has 0 aliphatic heterocycles. The summed E-state index contributed by atoms with van der Waals surface area (Å²) in [7, 11) is 0. The molecular weight excluding hydrogens is 224 g/mol. The van der Waals surface area contributed by atoms with Crippen LogP contribution in [0.5, 0.6) is 0 Å². The number of hydrogen-bond donors (Lipinski definition) is 1. The number of hydrogen-bond acceptors (Lipinski definition) is 3. The molecule has 1 aromatic rings. The van der Waals surface area contributed by atoms with E-state index in [1.54, 1.807) is 6.33 Å². The molecule has 1 aromatic heterocycles. The van der Waals surface area contributed by atoms with Gasteiger partial charge in [-0.3, -0.25) is 0 Å². The van der Waals surface area contributed by atoms with E-state index in [0.29, 0.717) is 12.0 Å². The highest BCUT2D eigenvalue weighted by atomic mass is 15.3. The van der Waals surface area contributed by atoms with E-state index in [-0.39, 0.29) is 0 Å². The van der Waals surface area contributed by atoms with E-state index in [0.717, 1.165) is 24.8 Å². The maximum absolute atomic E-state index is 4.34. The summed E-state index contributed by atoms with van der Waals surface area (Å²) < 4.78 is 2.01. The molecular formula is C14H28N4. The number of rotatable bonds is 8. The molecule has 0 amide bonds. The third kappa shape index (κ3) is 4.41. The number of nitrogens with one attached hydrogen (secondary N) is 1. The maximum atomic E-state index is 4.34. The van der Waals surface area contributed by atoms with Gasteiger partial charge < -0.3 is 5.32 Å². The van der Waals surface area contributed by atoms with Crippen LogP contribution in [-0.2, 0) is 13.1 Å². The molecule has 1 atom stereocenters. The molecule has 0 radical (unpaired) electrons. The highest BCUT2D eigenvalue weighted by molar-refractivity contribution is 4.85. The maximum Gasteiger partial charge on any atom is 0.140 e. The quantitative estimate of drug-likeness (QED) is 0.773. The minimum Gasteiger partial charge on any atom is -0.307 e.